The zero-order chi connectivity index (χ0) is 13.3. The molecule has 18 heavy (non-hydrogen) atoms. The standard InChI is InChI=1S/C13H18N4O/c1-9(2)14-11-6-5-7-17(13(11)18)12-8-10(3)15-16(12)4/h5-9,14H,1-4H3. The molecule has 0 aliphatic carbocycles. The number of anilines is 1. The molecule has 0 amide bonds. The zero-order valence-electron chi connectivity index (χ0n) is 11.1. The first kappa shape index (κ1) is 12.4. The molecule has 2 rings (SSSR count). The molecule has 0 saturated heterocycles. The predicted molar refractivity (Wildman–Crippen MR) is 72.3 cm³/mol. The van der Waals surface area contributed by atoms with Gasteiger partial charge in [0.2, 0.25) is 0 Å². The van der Waals surface area contributed by atoms with Crippen LogP contribution in [0.25, 0.3) is 5.82 Å². The minimum atomic E-state index is -0.0609. The molecule has 1 N–H and O–H groups in total. The molecular weight excluding hydrogens is 228 g/mol. The average Bonchev–Trinajstić information content (AvgIpc) is 2.60. The van der Waals surface area contributed by atoms with Crippen LogP contribution in [0.5, 0.6) is 0 Å². The molecule has 0 bridgehead atoms. The van der Waals surface area contributed by atoms with Gasteiger partial charge in [-0.05, 0) is 32.9 Å². The van der Waals surface area contributed by atoms with Crippen molar-refractivity contribution in [1.82, 2.24) is 14.3 Å². The van der Waals surface area contributed by atoms with E-state index < -0.39 is 0 Å². The average molecular weight is 246 g/mol. The summed E-state index contributed by atoms with van der Waals surface area (Å²) in [5, 5.41) is 7.40. The summed E-state index contributed by atoms with van der Waals surface area (Å²) in [4.78, 5) is 12.3. The van der Waals surface area contributed by atoms with Crippen molar-refractivity contribution >= 4 is 5.69 Å². The number of pyridine rings is 1. The molecule has 2 aromatic heterocycles. The van der Waals surface area contributed by atoms with Gasteiger partial charge in [0.05, 0.1) is 5.69 Å². The van der Waals surface area contributed by atoms with Gasteiger partial charge in [-0.2, -0.15) is 5.10 Å². The van der Waals surface area contributed by atoms with Crippen molar-refractivity contribution in [3.8, 4) is 5.82 Å². The fourth-order valence-electron chi connectivity index (χ4n) is 1.92. The predicted octanol–water partition coefficient (Wildman–Crippen LogP) is 1.70. The maximum Gasteiger partial charge on any atom is 0.279 e. The maximum absolute atomic E-state index is 12.3. The lowest BCUT2D eigenvalue weighted by Crippen LogP contribution is -2.25. The molecule has 0 saturated carbocycles. The lowest BCUT2D eigenvalue weighted by Gasteiger charge is -2.11. The van der Waals surface area contributed by atoms with Crippen LogP contribution in [0.15, 0.2) is 29.2 Å². The van der Waals surface area contributed by atoms with Crippen LogP contribution in [0, 0.1) is 6.92 Å². The summed E-state index contributed by atoms with van der Waals surface area (Å²) in [6.07, 6.45) is 1.75. The smallest absolute Gasteiger partial charge is 0.279 e. The lowest BCUT2D eigenvalue weighted by molar-refractivity contribution is 0.714. The minimum absolute atomic E-state index is 0.0609. The van der Waals surface area contributed by atoms with Crippen molar-refractivity contribution in [2.45, 2.75) is 26.8 Å². The van der Waals surface area contributed by atoms with Gasteiger partial charge < -0.3 is 5.32 Å². The first-order valence-electron chi connectivity index (χ1n) is 5.98. The zero-order valence-corrected chi connectivity index (χ0v) is 11.1. The van der Waals surface area contributed by atoms with Crippen molar-refractivity contribution in [1.29, 1.82) is 0 Å². The number of aromatic nitrogens is 3. The number of hydrogen-bond acceptors (Lipinski definition) is 3. The van der Waals surface area contributed by atoms with E-state index in [9.17, 15) is 4.79 Å². The van der Waals surface area contributed by atoms with E-state index in [1.54, 1.807) is 21.5 Å². The summed E-state index contributed by atoms with van der Waals surface area (Å²) in [6.45, 7) is 5.92. The molecule has 2 aromatic rings. The molecular formula is C13H18N4O. The van der Waals surface area contributed by atoms with Crippen LogP contribution in [0.1, 0.15) is 19.5 Å². The van der Waals surface area contributed by atoms with Crippen LogP contribution >= 0.6 is 0 Å². The molecule has 96 valence electrons. The quantitative estimate of drug-likeness (QED) is 0.896. The first-order chi connectivity index (χ1) is 8.49. The van der Waals surface area contributed by atoms with E-state index in [2.05, 4.69) is 10.4 Å². The van der Waals surface area contributed by atoms with Crippen molar-refractivity contribution in [2.75, 3.05) is 5.32 Å². The van der Waals surface area contributed by atoms with E-state index in [-0.39, 0.29) is 11.6 Å². The third-order valence-corrected chi connectivity index (χ3v) is 2.62. The fourth-order valence-corrected chi connectivity index (χ4v) is 1.92. The van der Waals surface area contributed by atoms with Crippen LogP contribution in [-0.2, 0) is 7.05 Å². The number of rotatable bonds is 3. The number of aryl methyl sites for hydroxylation is 2. The molecule has 0 aliphatic heterocycles. The topological polar surface area (TPSA) is 51.9 Å². The Morgan fingerprint density at radius 3 is 2.67 bits per heavy atom. The molecule has 2 heterocycles. The third kappa shape index (κ3) is 2.30. The van der Waals surface area contributed by atoms with Gasteiger partial charge in [0.25, 0.3) is 5.56 Å². The molecule has 0 unspecified atom stereocenters. The van der Waals surface area contributed by atoms with Crippen LogP contribution in [0.3, 0.4) is 0 Å². The van der Waals surface area contributed by atoms with Gasteiger partial charge in [-0.1, -0.05) is 0 Å². The SMILES string of the molecule is Cc1cc(-n2cccc(NC(C)C)c2=O)n(C)n1. The summed E-state index contributed by atoms with van der Waals surface area (Å²) in [7, 11) is 1.83. The van der Waals surface area contributed by atoms with E-state index >= 15 is 0 Å². The first-order valence-corrected chi connectivity index (χ1v) is 5.98. The number of nitrogens with zero attached hydrogens (tertiary/aromatic N) is 3. The molecule has 0 spiro atoms. The molecule has 0 fully saturated rings. The largest absolute Gasteiger partial charge is 0.378 e. The molecule has 0 aliphatic rings. The monoisotopic (exact) mass is 246 g/mol. The van der Waals surface area contributed by atoms with Crippen LogP contribution in [0.2, 0.25) is 0 Å². The van der Waals surface area contributed by atoms with Gasteiger partial charge in [0, 0.05) is 25.4 Å². The molecule has 5 nitrogen and oxygen atoms in total. The van der Waals surface area contributed by atoms with Crippen molar-refractivity contribution in [3.05, 3.63) is 40.4 Å². The fraction of sp³-hybridized carbons (Fsp3) is 0.385. The van der Waals surface area contributed by atoms with Gasteiger partial charge in [-0.15, -0.1) is 0 Å². The van der Waals surface area contributed by atoms with E-state index in [1.807, 2.05) is 40.0 Å². The highest BCUT2D eigenvalue weighted by Crippen LogP contribution is 2.08. The Kier molecular flexibility index (Phi) is 3.23. The highest BCUT2D eigenvalue weighted by molar-refractivity contribution is 5.43. The summed E-state index contributed by atoms with van der Waals surface area (Å²) in [6, 6.07) is 5.76. The normalized spacial score (nSPS) is 10.9. The van der Waals surface area contributed by atoms with Crippen LogP contribution < -0.4 is 10.9 Å². The second kappa shape index (κ2) is 4.68. The Morgan fingerprint density at radius 2 is 2.11 bits per heavy atom. The second-order valence-electron chi connectivity index (χ2n) is 4.66. The van der Waals surface area contributed by atoms with Crippen molar-refractivity contribution in [2.24, 2.45) is 7.05 Å². The Bertz CT molecular complexity index is 610. The van der Waals surface area contributed by atoms with Gasteiger partial charge >= 0.3 is 0 Å². The third-order valence-electron chi connectivity index (χ3n) is 2.62. The van der Waals surface area contributed by atoms with Crippen LogP contribution in [0.4, 0.5) is 5.69 Å². The summed E-state index contributed by atoms with van der Waals surface area (Å²) < 4.78 is 3.31. The number of hydrogen-bond donors (Lipinski definition) is 1. The Hall–Kier alpha value is -2.04. The lowest BCUT2D eigenvalue weighted by atomic mass is 10.3. The van der Waals surface area contributed by atoms with Gasteiger partial charge in [-0.25, -0.2) is 0 Å². The second-order valence-corrected chi connectivity index (χ2v) is 4.66. The maximum atomic E-state index is 12.3. The van der Waals surface area contributed by atoms with Gasteiger partial charge in [-0.3, -0.25) is 14.0 Å². The Balaban J connectivity index is 2.53. The molecule has 0 atom stereocenters. The van der Waals surface area contributed by atoms with Crippen LogP contribution in [-0.4, -0.2) is 20.4 Å². The Labute approximate surface area is 106 Å². The highest BCUT2D eigenvalue weighted by Gasteiger charge is 2.09. The van der Waals surface area contributed by atoms with E-state index in [4.69, 9.17) is 0 Å². The van der Waals surface area contributed by atoms with E-state index in [0.717, 1.165) is 11.5 Å². The van der Waals surface area contributed by atoms with E-state index in [1.165, 1.54) is 0 Å². The number of nitrogens with one attached hydrogen (secondary N) is 1. The minimum Gasteiger partial charge on any atom is -0.378 e. The van der Waals surface area contributed by atoms with Crippen molar-refractivity contribution in [3.63, 3.8) is 0 Å². The van der Waals surface area contributed by atoms with Crippen molar-refractivity contribution < 1.29 is 0 Å². The molecule has 0 radical (unpaired) electrons. The highest BCUT2D eigenvalue weighted by atomic mass is 16.1. The molecule has 5 heteroatoms. The molecule has 0 aromatic carbocycles. The van der Waals surface area contributed by atoms with Gasteiger partial charge in [0.15, 0.2) is 0 Å². The summed E-state index contributed by atoms with van der Waals surface area (Å²) >= 11 is 0. The summed E-state index contributed by atoms with van der Waals surface area (Å²) in [5.41, 5.74) is 1.43. The summed E-state index contributed by atoms with van der Waals surface area (Å²) in [5.74, 6) is 0.768. The Morgan fingerprint density at radius 1 is 1.39 bits per heavy atom. The van der Waals surface area contributed by atoms with Gasteiger partial charge in [0.1, 0.15) is 11.5 Å². The van der Waals surface area contributed by atoms with E-state index in [0.29, 0.717) is 5.69 Å².